The molecule has 1 aliphatic rings. The number of ether oxygens (including phenoxy) is 1. The maximum absolute atomic E-state index is 5.74. The van der Waals surface area contributed by atoms with E-state index in [1.807, 2.05) is 24.4 Å². The molecule has 2 heterocycles. The Morgan fingerprint density at radius 2 is 2.28 bits per heavy atom. The van der Waals surface area contributed by atoms with Crippen molar-refractivity contribution in [3.05, 3.63) is 35.3 Å². The summed E-state index contributed by atoms with van der Waals surface area (Å²) < 4.78 is 5.74. The topological polar surface area (TPSA) is 51.4 Å². The average molecular weight is 261 g/mol. The highest BCUT2D eigenvalue weighted by molar-refractivity contribution is 7.15. The number of anilines is 2. The van der Waals surface area contributed by atoms with Crippen molar-refractivity contribution in [3.63, 3.8) is 0 Å². The SMILES string of the molecule is Nc1ncc(CN2CCCOc3ccccc32)s1. The van der Waals surface area contributed by atoms with Gasteiger partial charge in [-0.05, 0) is 18.6 Å². The molecule has 0 saturated heterocycles. The fourth-order valence-electron chi connectivity index (χ4n) is 2.15. The molecule has 0 radical (unpaired) electrons. The predicted molar refractivity (Wildman–Crippen MR) is 74.1 cm³/mol. The molecule has 3 rings (SSSR count). The lowest BCUT2D eigenvalue weighted by molar-refractivity contribution is 0.322. The minimum Gasteiger partial charge on any atom is -0.491 e. The molecule has 18 heavy (non-hydrogen) atoms. The van der Waals surface area contributed by atoms with Gasteiger partial charge in [-0.3, -0.25) is 0 Å². The second kappa shape index (κ2) is 4.86. The number of hydrogen-bond acceptors (Lipinski definition) is 5. The van der Waals surface area contributed by atoms with Gasteiger partial charge >= 0.3 is 0 Å². The van der Waals surface area contributed by atoms with Crippen molar-refractivity contribution in [1.29, 1.82) is 0 Å². The zero-order chi connectivity index (χ0) is 12.4. The lowest BCUT2D eigenvalue weighted by atomic mass is 10.2. The van der Waals surface area contributed by atoms with E-state index in [4.69, 9.17) is 10.5 Å². The number of benzene rings is 1. The van der Waals surface area contributed by atoms with Gasteiger partial charge in [0.2, 0.25) is 0 Å². The smallest absolute Gasteiger partial charge is 0.180 e. The van der Waals surface area contributed by atoms with Crippen LogP contribution in [0.4, 0.5) is 10.8 Å². The van der Waals surface area contributed by atoms with E-state index < -0.39 is 0 Å². The molecule has 2 N–H and O–H groups in total. The number of nitrogens with two attached hydrogens (primary N) is 1. The van der Waals surface area contributed by atoms with Crippen LogP contribution in [0.5, 0.6) is 5.75 Å². The number of hydrogen-bond donors (Lipinski definition) is 1. The van der Waals surface area contributed by atoms with E-state index in [0.717, 1.165) is 37.6 Å². The van der Waals surface area contributed by atoms with Gasteiger partial charge in [-0.1, -0.05) is 12.1 Å². The molecule has 0 spiro atoms. The van der Waals surface area contributed by atoms with E-state index in [-0.39, 0.29) is 0 Å². The number of thiazole rings is 1. The molecule has 94 valence electrons. The van der Waals surface area contributed by atoms with Crippen LogP contribution in [0.3, 0.4) is 0 Å². The maximum Gasteiger partial charge on any atom is 0.180 e. The number of nitrogens with zero attached hydrogens (tertiary/aromatic N) is 2. The Morgan fingerprint density at radius 3 is 3.11 bits per heavy atom. The fraction of sp³-hybridized carbons (Fsp3) is 0.308. The van der Waals surface area contributed by atoms with Gasteiger partial charge in [-0.25, -0.2) is 4.98 Å². The summed E-state index contributed by atoms with van der Waals surface area (Å²) in [6.07, 6.45) is 2.89. The molecule has 1 aromatic carbocycles. The average Bonchev–Trinajstić information content (AvgIpc) is 2.68. The summed E-state index contributed by atoms with van der Waals surface area (Å²) in [4.78, 5) is 7.61. The second-order valence-electron chi connectivity index (χ2n) is 4.26. The minimum atomic E-state index is 0.629. The Morgan fingerprint density at radius 1 is 1.39 bits per heavy atom. The zero-order valence-electron chi connectivity index (χ0n) is 10.0. The van der Waals surface area contributed by atoms with Gasteiger partial charge in [0.05, 0.1) is 18.8 Å². The van der Waals surface area contributed by atoms with Gasteiger partial charge in [0, 0.05) is 17.6 Å². The van der Waals surface area contributed by atoms with Crippen molar-refractivity contribution in [2.24, 2.45) is 0 Å². The van der Waals surface area contributed by atoms with Crippen molar-refractivity contribution in [3.8, 4) is 5.75 Å². The van der Waals surface area contributed by atoms with Crippen LogP contribution >= 0.6 is 11.3 Å². The molecular weight excluding hydrogens is 246 g/mol. The predicted octanol–water partition coefficient (Wildman–Crippen LogP) is 2.51. The normalized spacial score (nSPS) is 14.8. The quantitative estimate of drug-likeness (QED) is 0.902. The molecule has 0 atom stereocenters. The summed E-state index contributed by atoms with van der Waals surface area (Å²) >= 11 is 1.55. The van der Waals surface area contributed by atoms with E-state index in [2.05, 4.69) is 16.0 Å². The number of fused-ring (bicyclic) bond motifs is 1. The first kappa shape index (κ1) is 11.3. The molecule has 0 fully saturated rings. The highest BCUT2D eigenvalue weighted by Crippen LogP contribution is 2.32. The van der Waals surface area contributed by atoms with Crippen LogP contribution in [0.2, 0.25) is 0 Å². The van der Waals surface area contributed by atoms with Crippen LogP contribution in [0, 0.1) is 0 Å². The number of para-hydroxylation sites is 2. The van der Waals surface area contributed by atoms with Crippen molar-refractivity contribution in [2.45, 2.75) is 13.0 Å². The third-order valence-electron chi connectivity index (χ3n) is 2.95. The molecule has 4 nitrogen and oxygen atoms in total. The summed E-state index contributed by atoms with van der Waals surface area (Å²) in [5, 5.41) is 0.629. The summed E-state index contributed by atoms with van der Waals surface area (Å²) in [6, 6.07) is 8.17. The van der Waals surface area contributed by atoms with Crippen LogP contribution in [0.25, 0.3) is 0 Å². The molecule has 1 aromatic heterocycles. The summed E-state index contributed by atoms with van der Waals surface area (Å²) in [5.41, 5.74) is 6.83. The van der Waals surface area contributed by atoms with Crippen molar-refractivity contribution in [1.82, 2.24) is 4.98 Å². The second-order valence-corrected chi connectivity index (χ2v) is 5.40. The van der Waals surface area contributed by atoms with Gasteiger partial charge < -0.3 is 15.4 Å². The first-order valence-electron chi connectivity index (χ1n) is 6.00. The molecule has 2 aromatic rings. The van der Waals surface area contributed by atoms with Gasteiger partial charge in [0.15, 0.2) is 5.13 Å². The van der Waals surface area contributed by atoms with Crippen molar-refractivity contribution >= 4 is 22.2 Å². The summed E-state index contributed by atoms with van der Waals surface area (Å²) in [7, 11) is 0. The molecule has 0 bridgehead atoms. The Balaban J connectivity index is 1.87. The Labute approximate surface area is 110 Å². The zero-order valence-corrected chi connectivity index (χ0v) is 10.8. The Kier molecular flexibility index (Phi) is 3.06. The van der Waals surface area contributed by atoms with Crippen LogP contribution in [-0.2, 0) is 6.54 Å². The number of nitrogen functional groups attached to an aromatic ring is 1. The van der Waals surface area contributed by atoms with E-state index in [9.17, 15) is 0 Å². The lowest BCUT2D eigenvalue weighted by Gasteiger charge is -2.22. The molecule has 0 unspecified atom stereocenters. The van der Waals surface area contributed by atoms with Gasteiger partial charge in [0.1, 0.15) is 5.75 Å². The van der Waals surface area contributed by atoms with Crippen LogP contribution in [-0.4, -0.2) is 18.1 Å². The first-order chi connectivity index (χ1) is 8.83. The third kappa shape index (κ3) is 2.26. The van der Waals surface area contributed by atoms with E-state index >= 15 is 0 Å². The van der Waals surface area contributed by atoms with Crippen LogP contribution < -0.4 is 15.4 Å². The number of rotatable bonds is 2. The Bertz CT molecular complexity index is 541. The number of aromatic nitrogens is 1. The Hall–Kier alpha value is -1.75. The van der Waals surface area contributed by atoms with Gasteiger partial charge in [0.25, 0.3) is 0 Å². The highest BCUT2D eigenvalue weighted by Gasteiger charge is 2.16. The largest absolute Gasteiger partial charge is 0.491 e. The molecule has 0 amide bonds. The minimum absolute atomic E-state index is 0.629. The van der Waals surface area contributed by atoms with E-state index in [0.29, 0.717) is 5.13 Å². The van der Waals surface area contributed by atoms with E-state index in [1.54, 1.807) is 11.3 Å². The maximum atomic E-state index is 5.74. The fourth-order valence-corrected chi connectivity index (χ4v) is 2.85. The summed E-state index contributed by atoms with van der Waals surface area (Å²) in [5.74, 6) is 0.965. The van der Waals surface area contributed by atoms with Crippen LogP contribution in [0.1, 0.15) is 11.3 Å². The van der Waals surface area contributed by atoms with Gasteiger partial charge in [-0.15, -0.1) is 11.3 Å². The summed E-state index contributed by atoms with van der Waals surface area (Å²) in [6.45, 7) is 2.61. The monoisotopic (exact) mass is 261 g/mol. The molecule has 1 aliphatic heterocycles. The first-order valence-corrected chi connectivity index (χ1v) is 6.81. The standard InChI is InChI=1S/C13H15N3OS/c14-13-15-8-10(18-13)9-16-6-3-7-17-12-5-2-1-4-11(12)16/h1-2,4-5,8H,3,6-7,9H2,(H2,14,15). The molecule has 0 saturated carbocycles. The third-order valence-corrected chi connectivity index (χ3v) is 3.77. The highest BCUT2D eigenvalue weighted by atomic mass is 32.1. The van der Waals surface area contributed by atoms with Crippen molar-refractivity contribution < 1.29 is 4.74 Å². The lowest BCUT2D eigenvalue weighted by Crippen LogP contribution is -2.22. The van der Waals surface area contributed by atoms with Gasteiger partial charge in [-0.2, -0.15) is 0 Å². The molecular formula is C13H15N3OS. The van der Waals surface area contributed by atoms with Crippen LogP contribution in [0.15, 0.2) is 30.5 Å². The van der Waals surface area contributed by atoms with E-state index in [1.165, 1.54) is 4.88 Å². The van der Waals surface area contributed by atoms with Crippen molar-refractivity contribution in [2.75, 3.05) is 23.8 Å². The molecule has 0 aliphatic carbocycles. The molecule has 5 heteroatoms.